The van der Waals surface area contributed by atoms with Gasteiger partial charge in [0.15, 0.2) is 0 Å². The van der Waals surface area contributed by atoms with Crippen LogP contribution in [0, 0.1) is 11.3 Å². The van der Waals surface area contributed by atoms with Crippen LogP contribution in [0.4, 0.5) is 0 Å². The summed E-state index contributed by atoms with van der Waals surface area (Å²) in [6.07, 6.45) is 0. The summed E-state index contributed by atoms with van der Waals surface area (Å²) in [7, 11) is 1.60. The predicted octanol–water partition coefficient (Wildman–Crippen LogP) is 0.936. The Morgan fingerprint density at radius 2 is 2.33 bits per heavy atom. The maximum Gasteiger partial charge on any atom is 0.130 e. The fourth-order valence-electron chi connectivity index (χ4n) is 1.75. The van der Waals surface area contributed by atoms with Gasteiger partial charge in [-0.05, 0) is 12.1 Å². The third-order valence-electron chi connectivity index (χ3n) is 2.56. The first-order valence-corrected chi connectivity index (χ1v) is 5.44. The molecule has 6 nitrogen and oxygen atoms in total. The van der Waals surface area contributed by atoms with Gasteiger partial charge in [0, 0.05) is 12.1 Å². The van der Waals surface area contributed by atoms with E-state index in [4.69, 9.17) is 15.7 Å². The van der Waals surface area contributed by atoms with Crippen molar-refractivity contribution >= 4 is 0 Å². The molecular formula is C12H13N5O. The molecule has 0 amide bonds. The first kappa shape index (κ1) is 12.1. The summed E-state index contributed by atoms with van der Waals surface area (Å²) in [6.45, 7) is 0.414. The Balaban J connectivity index is 2.53. The SMILES string of the molecule is COc1cccc(-c2c(CN)nnn2CC#N)c1. The molecule has 0 unspecified atom stereocenters. The zero-order valence-electron chi connectivity index (χ0n) is 10.00. The normalized spacial score (nSPS) is 10.1. The third kappa shape index (κ3) is 2.17. The summed E-state index contributed by atoms with van der Waals surface area (Å²) in [5.41, 5.74) is 7.95. The Labute approximate surface area is 105 Å². The first-order valence-electron chi connectivity index (χ1n) is 5.44. The van der Waals surface area contributed by atoms with Gasteiger partial charge in [-0.3, -0.25) is 0 Å². The molecule has 0 aliphatic heterocycles. The van der Waals surface area contributed by atoms with Gasteiger partial charge in [0.2, 0.25) is 0 Å². The van der Waals surface area contributed by atoms with Gasteiger partial charge in [0.25, 0.3) is 0 Å². The largest absolute Gasteiger partial charge is 0.497 e. The summed E-state index contributed by atoms with van der Waals surface area (Å²) in [5, 5.41) is 16.7. The molecule has 0 saturated heterocycles. The highest BCUT2D eigenvalue weighted by Gasteiger charge is 2.14. The van der Waals surface area contributed by atoms with Crippen molar-refractivity contribution < 1.29 is 4.74 Å². The molecule has 1 aromatic heterocycles. The maximum absolute atomic E-state index is 8.78. The van der Waals surface area contributed by atoms with Gasteiger partial charge in [-0.1, -0.05) is 17.3 Å². The summed E-state index contributed by atoms with van der Waals surface area (Å²) in [4.78, 5) is 0. The molecule has 0 radical (unpaired) electrons. The zero-order chi connectivity index (χ0) is 13.0. The molecule has 92 valence electrons. The van der Waals surface area contributed by atoms with E-state index in [-0.39, 0.29) is 13.1 Å². The van der Waals surface area contributed by atoms with E-state index < -0.39 is 0 Å². The van der Waals surface area contributed by atoms with Crippen molar-refractivity contribution in [2.45, 2.75) is 13.1 Å². The highest BCUT2D eigenvalue weighted by atomic mass is 16.5. The molecule has 1 heterocycles. The second-order valence-electron chi connectivity index (χ2n) is 3.64. The van der Waals surface area contributed by atoms with Crippen LogP contribution in [-0.2, 0) is 13.1 Å². The second kappa shape index (κ2) is 5.29. The Hall–Kier alpha value is -2.39. The second-order valence-corrected chi connectivity index (χ2v) is 3.64. The molecule has 2 rings (SSSR count). The topological polar surface area (TPSA) is 89.8 Å². The van der Waals surface area contributed by atoms with E-state index in [0.29, 0.717) is 5.69 Å². The minimum absolute atomic E-state index is 0.138. The lowest BCUT2D eigenvalue weighted by Crippen LogP contribution is -2.03. The standard InChI is InChI=1S/C12H13N5O/c1-18-10-4-2-3-9(7-10)12-11(8-14)15-16-17(12)6-5-13/h2-4,7H,6,8,14H2,1H3. The lowest BCUT2D eigenvalue weighted by atomic mass is 10.1. The van der Waals surface area contributed by atoms with E-state index in [1.807, 2.05) is 30.3 Å². The molecule has 0 fully saturated rings. The van der Waals surface area contributed by atoms with Gasteiger partial charge in [-0.25, -0.2) is 4.68 Å². The number of methoxy groups -OCH3 is 1. The number of nitriles is 1. The van der Waals surface area contributed by atoms with Crippen LogP contribution in [0.3, 0.4) is 0 Å². The Bertz CT molecular complexity index is 584. The lowest BCUT2D eigenvalue weighted by molar-refractivity contribution is 0.415. The minimum Gasteiger partial charge on any atom is -0.497 e. The number of aromatic nitrogens is 3. The van der Waals surface area contributed by atoms with Crippen molar-refractivity contribution in [1.29, 1.82) is 5.26 Å². The molecule has 0 aliphatic carbocycles. The molecule has 2 aromatic rings. The van der Waals surface area contributed by atoms with Crippen LogP contribution in [-0.4, -0.2) is 22.1 Å². The van der Waals surface area contributed by atoms with Crippen LogP contribution in [0.15, 0.2) is 24.3 Å². The predicted molar refractivity (Wildman–Crippen MR) is 65.5 cm³/mol. The van der Waals surface area contributed by atoms with Gasteiger partial charge in [-0.15, -0.1) is 5.10 Å². The molecule has 0 aliphatic rings. The summed E-state index contributed by atoms with van der Waals surface area (Å²) in [5.74, 6) is 0.736. The van der Waals surface area contributed by atoms with Crippen molar-refractivity contribution in [2.24, 2.45) is 5.73 Å². The van der Waals surface area contributed by atoms with Crippen molar-refractivity contribution in [1.82, 2.24) is 15.0 Å². The van der Waals surface area contributed by atoms with E-state index in [2.05, 4.69) is 10.3 Å². The van der Waals surface area contributed by atoms with Crippen LogP contribution >= 0.6 is 0 Å². The average molecular weight is 243 g/mol. The van der Waals surface area contributed by atoms with E-state index in [0.717, 1.165) is 17.0 Å². The Morgan fingerprint density at radius 1 is 1.50 bits per heavy atom. The van der Waals surface area contributed by atoms with Crippen molar-refractivity contribution in [3.63, 3.8) is 0 Å². The van der Waals surface area contributed by atoms with Gasteiger partial charge in [0.1, 0.15) is 18.0 Å². The number of hydrogen-bond acceptors (Lipinski definition) is 5. The van der Waals surface area contributed by atoms with Crippen LogP contribution < -0.4 is 10.5 Å². The number of nitrogens with two attached hydrogens (primary N) is 1. The molecule has 18 heavy (non-hydrogen) atoms. The van der Waals surface area contributed by atoms with Gasteiger partial charge >= 0.3 is 0 Å². The molecule has 0 saturated carbocycles. The molecule has 2 N–H and O–H groups in total. The van der Waals surface area contributed by atoms with E-state index in [1.165, 1.54) is 4.68 Å². The van der Waals surface area contributed by atoms with Gasteiger partial charge in [-0.2, -0.15) is 5.26 Å². The quantitative estimate of drug-likeness (QED) is 0.862. The minimum atomic E-state index is 0.138. The highest BCUT2D eigenvalue weighted by molar-refractivity contribution is 5.63. The summed E-state index contributed by atoms with van der Waals surface area (Å²) < 4.78 is 6.72. The maximum atomic E-state index is 8.78. The van der Waals surface area contributed by atoms with Crippen LogP contribution in [0.2, 0.25) is 0 Å². The van der Waals surface area contributed by atoms with Crippen LogP contribution in [0.1, 0.15) is 5.69 Å². The van der Waals surface area contributed by atoms with Crippen molar-refractivity contribution in [3.05, 3.63) is 30.0 Å². The monoisotopic (exact) mass is 243 g/mol. The van der Waals surface area contributed by atoms with Crippen LogP contribution in [0.25, 0.3) is 11.3 Å². The van der Waals surface area contributed by atoms with Crippen LogP contribution in [0.5, 0.6) is 5.75 Å². The summed E-state index contributed by atoms with van der Waals surface area (Å²) in [6, 6.07) is 9.55. The Morgan fingerprint density at radius 3 is 3.00 bits per heavy atom. The van der Waals surface area contributed by atoms with E-state index >= 15 is 0 Å². The summed E-state index contributed by atoms with van der Waals surface area (Å²) >= 11 is 0. The molecule has 6 heteroatoms. The number of hydrogen-bond donors (Lipinski definition) is 1. The lowest BCUT2D eigenvalue weighted by Gasteiger charge is -2.06. The smallest absolute Gasteiger partial charge is 0.130 e. The molecule has 0 spiro atoms. The molecule has 0 atom stereocenters. The zero-order valence-corrected chi connectivity index (χ0v) is 10.00. The number of nitrogens with zero attached hydrogens (tertiary/aromatic N) is 4. The van der Waals surface area contributed by atoms with Gasteiger partial charge < -0.3 is 10.5 Å². The fourth-order valence-corrected chi connectivity index (χ4v) is 1.75. The first-order chi connectivity index (χ1) is 8.80. The average Bonchev–Trinajstić information content (AvgIpc) is 2.82. The fraction of sp³-hybridized carbons (Fsp3) is 0.250. The van der Waals surface area contributed by atoms with Crippen molar-refractivity contribution in [2.75, 3.05) is 7.11 Å². The number of rotatable bonds is 4. The van der Waals surface area contributed by atoms with Crippen molar-refractivity contribution in [3.8, 4) is 23.1 Å². The molecular weight excluding hydrogens is 230 g/mol. The molecule has 1 aromatic carbocycles. The molecule has 0 bridgehead atoms. The number of ether oxygens (including phenoxy) is 1. The van der Waals surface area contributed by atoms with Gasteiger partial charge in [0.05, 0.1) is 18.9 Å². The van der Waals surface area contributed by atoms with E-state index in [1.54, 1.807) is 7.11 Å². The Kier molecular flexibility index (Phi) is 3.55. The highest BCUT2D eigenvalue weighted by Crippen LogP contribution is 2.25. The third-order valence-corrected chi connectivity index (χ3v) is 2.56. The van der Waals surface area contributed by atoms with E-state index in [9.17, 15) is 0 Å². The number of benzene rings is 1.